The molecule has 1 aromatic rings. The van der Waals surface area contributed by atoms with E-state index in [1.54, 1.807) is 0 Å². The van der Waals surface area contributed by atoms with Crippen LogP contribution in [-0.4, -0.2) is 42.9 Å². The number of fused-ring (bicyclic) bond motifs is 1. The molecule has 2 heterocycles. The third-order valence-electron chi connectivity index (χ3n) is 3.87. The van der Waals surface area contributed by atoms with E-state index < -0.39 is 6.10 Å². The molecule has 0 aromatic heterocycles. The zero-order valence-electron chi connectivity index (χ0n) is 11.2. The highest BCUT2D eigenvalue weighted by Crippen LogP contribution is 2.34. The number of likely N-dealkylation sites (tertiary alicyclic amines) is 1. The highest BCUT2D eigenvalue weighted by molar-refractivity contribution is 5.44. The monoisotopic (exact) mass is 263 g/mol. The Morgan fingerprint density at radius 1 is 1.26 bits per heavy atom. The molecule has 0 spiro atoms. The quantitative estimate of drug-likeness (QED) is 0.902. The first-order valence-electron chi connectivity index (χ1n) is 7.13. The average Bonchev–Trinajstić information content (AvgIpc) is 2.81. The van der Waals surface area contributed by atoms with Gasteiger partial charge in [0.1, 0.15) is 30.8 Å². The van der Waals surface area contributed by atoms with Crippen LogP contribution in [0.3, 0.4) is 0 Å². The van der Waals surface area contributed by atoms with Crippen molar-refractivity contribution in [1.29, 1.82) is 0 Å². The van der Waals surface area contributed by atoms with E-state index in [9.17, 15) is 5.11 Å². The molecule has 1 saturated heterocycles. The molecule has 3 rings (SSSR count). The predicted octanol–water partition coefficient (Wildman–Crippen LogP) is 1.98. The smallest absolute Gasteiger partial charge is 0.129 e. The third-order valence-corrected chi connectivity index (χ3v) is 3.87. The van der Waals surface area contributed by atoms with Crippen LogP contribution in [-0.2, 0) is 0 Å². The van der Waals surface area contributed by atoms with Gasteiger partial charge in [0.15, 0.2) is 0 Å². The van der Waals surface area contributed by atoms with Crippen molar-refractivity contribution in [2.45, 2.75) is 25.4 Å². The number of aliphatic hydroxyl groups is 1. The van der Waals surface area contributed by atoms with Gasteiger partial charge in [-0.05, 0) is 38.1 Å². The first-order chi connectivity index (χ1) is 9.33. The van der Waals surface area contributed by atoms with Crippen LogP contribution in [0.15, 0.2) is 18.2 Å². The van der Waals surface area contributed by atoms with E-state index in [0.717, 1.165) is 23.6 Å². The molecule has 2 aliphatic rings. The van der Waals surface area contributed by atoms with Crippen LogP contribution in [0.5, 0.6) is 11.5 Å². The van der Waals surface area contributed by atoms with Gasteiger partial charge in [-0.3, -0.25) is 4.90 Å². The Morgan fingerprint density at radius 2 is 2.11 bits per heavy atom. The maximum Gasteiger partial charge on any atom is 0.129 e. The maximum atomic E-state index is 9.65. The summed E-state index contributed by atoms with van der Waals surface area (Å²) in [6.07, 6.45) is 3.49. The lowest BCUT2D eigenvalue weighted by molar-refractivity contribution is 0.140. The molecule has 1 atom stereocenters. The van der Waals surface area contributed by atoms with Crippen LogP contribution < -0.4 is 9.47 Å². The summed E-state index contributed by atoms with van der Waals surface area (Å²) in [5.74, 6) is 1.58. The number of ether oxygens (including phenoxy) is 2. The van der Waals surface area contributed by atoms with Crippen molar-refractivity contribution in [2.24, 2.45) is 0 Å². The van der Waals surface area contributed by atoms with Gasteiger partial charge in [0.05, 0.1) is 0 Å². The average molecular weight is 263 g/mol. The summed E-state index contributed by atoms with van der Waals surface area (Å²) in [7, 11) is 0. The molecule has 2 aliphatic heterocycles. The van der Waals surface area contributed by atoms with Crippen LogP contribution >= 0.6 is 0 Å². The second-order valence-corrected chi connectivity index (χ2v) is 5.28. The Hall–Kier alpha value is -1.26. The van der Waals surface area contributed by atoms with E-state index in [0.29, 0.717) is 13.2 Å². The zero-order chi connectivity index (χ0) is 13.1. The number of hydrogen-bond acceptors (Lipinski definition) is 4. The summed E-state index contributed by atoms with van der Waals surface area (Å²) < 4.78 is 11.2. The Labute approximate surface area is 113 Å². The number of nitrogens with zero attached hydrogens (tertiary/aromatic N) is 1. The summed E-state index contributed by atoms with van der Waals surface area (Å²) in [5, 5.41) is 9.65. The highest BCUT2D eigenvalue weighted by atomic mass is 16.5. The fourth-order valence-corrected chi connectivity index (χ4v) is 2.74. The fraction of sp³-hybridized carbons (Fsp3) is 0.600. The molecule has 0 aliphatic carbocycles. The number of rotatable bonds is 4. The van der Waals surface area contributed by atoms with E-state index in [-0.39, 0.29) is 0 Å². The Bertz CT molecular complexity index is 429. The largest absolute Gasteiger partial charge is 0.492 e. The van der Waals surface area contributed by atoms with Gasteiger partial charge in [-0.15, -0.1) is 0 Å². The molecule has 1 unspecified atom stereocenters. The molecule has 0 amide bonds. The minimum Gasteiger partial charge on any atom is -0.492 e. The van der Waals surface area contributed by atoms with E-state index in [2.05, 4.69) is 4.90 Å². The van der Waals surface area contributed by atoms with Crippen molar-refractivity contribution in [3.05, 3.63) is 23.8 Å². The number of hydrogen-bond donors (Lipinski definition) is 1. The van der Waals surface area contributed by atoms with E-state index in [1.165, 1.54) is 32.4 Å². The van der Waals surface area contributed by atoms with Crippen LogP contribution in [0.1, 0.15) is 30.9 Å². The van der Waals surface area contributed by atoms with Crippen LogP contribution in [0.4, 0.5) is 0 Å². The van der Waals surface area contributed by atoms with Crippen molar-refractivity contribution in [3.8, 4) is 11.5 Å². The van der Waals surface area contributed by atoms with Gasteiger partial charge in [-0.25, -0.2) is 0 Å². The van der Waals surface area contributed by atoms with E-state index >= 15 is 0 Å². The van der Waals surface area contributed by atoms with E-state index in [4.69, 9.17) is 9.47 Å². The predicted molar refractivity (Wildman–Crippen MR) is 72.7 cm³/mol. The standard InChI is InChI=1S/C15H21NO3/c17-14-11-19-15-10-12(4-5-13(14)15)18-9-8-16-6-2-1-3-7-16/h4-5,10,14,17H,1-3,6-9,11H2. The lowest BCUT2D eigenvalue weighted by Crippen LogP contribution is -2.33. The molecule has 1 N–H and O–H groups in total. The van der Waals surface area contributed by atoms with Gasteiger partial charge in [-0.2, -0.15) is 0 Å². The Balaban J connectivity index is 1.50. The molecule has 0 radical (unpaired) electrons. The topological polar surface area (TPSA) is 41.9 Å². The second kappa shape index (κ2) is 5.80. The molecule has 0 saturated carbocycles. The van der Waals surface area contributed by atoms with Gasteiger partial charge in [0.2, 0.25) is 0 Å². The summed E-state index contributed by atoms with van der Waals surface area (Å²) in [5.41, 5.74) is 0.864. The van der Waals surface area contributed by atoms with E-state index in [1.807, 2.05) is 18.2 Å². The molecule has 19 heavy (non-hydrogen) atoms. The summed E-state index contributed by atoms with van der Waals surface area (Å²) in [4.78, 5) is 2.46. The first kappa shape index (κ1) is 12.8. The summed E-state index contributed by atoms with van der Waals surface area (Å²) in [6.45, 7) is 4.44. The van der Waals surface area contributed by atoms with Crippen molar-refractivity contribution in [3.63, 3.8) is 0 Å². The Kier molecular flexibility index (Phi) is 3.89. The molecule has 104 valence electrons. The van der Waals surface area contributed by atoms with Crippen molar-refractivity contribution in [2.75, 3.05) is 32.8 Å². The van der Waals surface area contributed by atoms with Crippen molar-refractivity contribution in [1.82, 2.24) is 4.90 Å². The Morgan fingerprint density at radius 3 is 2.95 bits per heavy atom. The molecule has 4 heteroatoms. The normalized spacial score (nSPS) is 22.9. The van der Waals surface area contributed by atoms with Gasteiger partial charge >= 0.3 is 0 Å². The lowest BCUT2D eigenvalue weighted by atomic mass is 10.1. The minimum atomic E-state index is -0.489. The van der Waals surface area contributed by atoms with Gasteiger partial charge in [0.25, 0.3) is 0 Å². The fourth-order valence-electron chi connectivity index (χ4n) is 2.74. The first-order valence-corrected chi connectivity index (χ1v) is 7.13. The van der Waals surface area contributed by atoms with Crippen molar-refractivity contribution >= 4 is 0 Å². The van der Waals surface area contributed by atoms with Gasteiger partial charge < -0.3 is 14.6 Å². The molecular weight excluding hydrogens is 242 g/mol. The molecular formula is C15H21NO3. The molecule has 4 nitrogen and oxygen atoms in total. The summed E-state index contributed by atoms with van der Waals surface area (Å²) >= 11 is 0. The van der Waals surface area contributed by atoms with Crippen LogP contribution in [0.25, 0.3) is 0 Å². The summed E-state index contributed by atoms with van der Waals surface area (Å²) in [6, 6.07) is 5.68. The van der Waals surface area contributed by atoms with Crippen LogP contribution in [0, 0.1) is 0 Å². The maximum absolute atomic E-state index is 9.65. The SMILES string of the molecule is OC1COc2cc(OCCN3CCCCC3)ccc21. The lowest BCUT2D eigenvalue weighted by Gasteiger charge is -2.26. The highest BCUT2D eigenvalue weighted by Gasteiger charge is 2.22. The molecule has 1 aromatic carbocycles. The molecule has 0 bridgehead atoms. The number of benzene rings is 1. The van der Waals surface area contributed by atoms with Gasteiger partial charge in [0, 0.05) is 18.2 Å². The van der Waals surface area contributed by atoms with Crippen molar-refractivity contribution < 1.29 is 14.6 Å². The number of piperidine rings is 1. The van der Waals surface area contributed by atoms with Crippen LogP contribution in [0.2, 0.25) is 0 Å². The molecule has 1 fully saturated rings. The second-order valence-electron chi connectivity index (χ2n) is 5.28. The number of aliphatic hydroxyl groups excluding tert-OH is 1. The third kappa shape index (κ3) is 3.01. The zero-order valence-corrected chi connectivity index (χ0v) is 11.2. The van der Waals surface area contributed by atoms with Gasteiger partial charge in [-0.1, -0.05) is 6.42 Å². The minimum absolute atomic E-state index is 0.354.